The van der Waals surface area contributed by atoms with Gasteiger partial charge in [0, 0.05) is 24.3 Å². The first-order valence-electron chi connectivity index (χ1n) is 4.83. The molecule has 2 rings (SSSR count). The summed E-state index contributed by atoms with van der Waals surface area (Å²) < 4.78 is 4.36. The quantitative estimate of drug-likeness (QED) is 0.486. The molecule has 4 heteroatoms. The number of hydrogen-bond acceptors (Lipinski definition) is 0. The van der Waals surface area contributed by atoms with E-state index in [1.54, 1.807) is 0 Å². The SMILES string of the molecule is [Cl-].[Cl-].c1cc[n+](CC[n+]2ccccc2)cc1. The van der Waals surface area contributed by atoms with Gasteiger partial charge in [0.05, 0.1) is 0 Å². The topological polar surface area (TPSA) is 7.76 Å². The first-order chi connectivity index (χ1) is 6.95. The van der Waals surface area contributed by atoms with E-state index >= 15 is 0 Å². The van der Waals surface area contributed by atoms with Gasteiger partial charge in [0.25, 0.3) is 0 Å². The molecule has 2 heterocycles. The third-order valence-electron chi connectivity index (χ3n) is 2.17. The van der Waals surface area contributed by atoms with Crippen LogP contribution < -0.4 is 33.9 Å². The van der Waals surface area contributed by atoms with Gasteiger partial charge in [0.15, 0.2) is 24.8 Å². The predicted molar refractivity (Wildman–Crippen MR) is 53.3 cm³/mol. The molecule has 0 atom stereocenters. The van der Waals surface area contributed by atoms with E-state index in [1.807, 2.05) is 12.1 Å². The highest BCUT2D eigenvalue weighted by atomic mass is 35.5. The highest BCUT2D eigenvalue weighted by Gasteiger charge is 2.02. The van der Waals surface area contributed by atoms with Gasteiger partial charge in [-0.3, -0.25) is 0 Å². The minimum atomic E-state index is 0. The lowest BCUT2D eigenvalue weighted by Gasteiger charge is -1.93. The summed E-state index contributed by atoms with van der Waals surface area (Å²) in [4.78, 5) is 0. The average molecular weight is 257 g/mol. The summed E-state index contributed by atoms with van der Waals surface area (Å²) in [5.74, 6) is 0. The second-order valence-corrected chi connectivity index (χ2v) is 3.23. The van der Waals surface area contributed by atoms with Crippen molar-refractivity contribution in [3.05, 3.63) is 61.2 Å². The molecule has 0 saturated carbocycles. The van der Waals surface area contributed by atoms with E-state index in [0.717, 1.165) is 13.1 Å². The van der Waals surface area contributed by atoms with Gasteiger partial charge in [-0.05, 0) is 0 Å². The Morgan fingerprint density at radius 3 is 1.12 bits per heavy atom. The first kappa shape index (κ1) is 14.9. The second kappa shape index (κ2) is 8.08. The summed E-state index contributed by atoms with van der Waals surface area (Å²) in [5, 5.41) is 0. The van der Waals surface area contributed by atoms with Crippen LogP contribution in [0.25, 0.3) is 0 Å². The number of halogens is 2. The number of rotatable bonds is 3. The number of aryl methyl sites for hydroxylation is 2. The first-order valence-corrected chi connectivity index (χ1v) is 4.83. The molecule has 2 aromatic heterocycles. The monoisotopic (exact) mass is 256 g/mol. The lowest BCUT2D eigenvalue weighted by Crippen LogP contribution is -3.00. The zero-order chi connectivity index (χ0) is 9.64. The molecule has 0 bridgehead atoms. The fraction of sp³-hybridized carbons (Fsp3) is 0.167. The maximum absolute atomic E-state index is 2.18. The van der Waals surface area contributed by atoms with E-state index in [2.05, 4.69) is 58.2 Å². The van der Waals surface area contributed by atoms with Crippen molar-refractivity contribution in [3.8, 4) is 0 Å². The maximum Gasteiger partial charge on any atom is 0.206 e. The van der Waals surface area contributed by atoms with Crippen LogP contribution in [0, 0.1) is 0 Å². The van der Waals surface area contributed by atoms with Crippen LogP contribution in [0.2, 0.25) is 0 Å². The highest BCUT2D eigenvalue weighted by Crippen LogP contribution is 1.79. The third kappa shape index (κ3) is 4.60. The van der Waals surface area contributed by atoms with Crippen molar-refractivity contribution in [2.24, 2.45) is 0 Å². The molecule has 0 N–H and O–H groups in total. The van der Waals surface area contributed by atoms with Crippen molar-refractivity contribution in [2.45, 2.75) is 13.1 Å². The maximum atomic E-state index is 2.18. The largest absolute Gasteiger partial charge is 1.00 e. The van der Waals surface area contributed by atoms with Gasteiger partial charge in [0.2, 0.25) is 13.1 Å². The van der Waals surface area contributed by atoms with E-state index in [4.69, 9.17) is 0 Å². The summed E-state index contributed by atoms with van der Waals surface area (Å²) in [6, 6.07) is 12.3. The molecule has 0 saturated heterocycles. The van der Waals surface area contributed by atoms with Crippen molar-refractivity contribution in [3.63, 3.8) is 0 Å². The van der Waals surface area contributed by atoms with Crippen LogP contribution in [0.3, 0.4) is 0 Å². The van der Waals surface area contributed by atoms with Gasteiger partial charge in [0.1, 0.15) is 0 Å². The summed E-state index contributed by atoms with van der Waals surface area (Å²) in [6.07, 6.45) is 8.35. The van der Waals surface area contributed by atoms with Gasteiger partial charge in [-0.15, -0.1) is 0 Å². The number of nitrogens with zero attached hydrogens (tertiary/aromatic N) is 2. The fourth-order valence-electron chi connectivity index (χ4n) is 1.40. The smallest absolute Gasteiger partial charge is 0.206 e. The molecule has 2 nitrogen and oxygen atoms in total. The highest BCUT2D eigenvalue weighted by molar-refractivity contribution is 4.84. The molecule has 0 aliphatic heterocycles. The molecule has 0 radical (unpaired) electrons. The minimum Gasteiger partial charge on any atom is -1.00 e. The van der Waals surface area contributed by atoms with Crippen molar-refractivity contribution < 1.29 is 33.9 Å². The fourth-order valence-corrected chi connectivity index (χ4v) is 1.40. The van der Waals surface area contributed by atoms with Crippen LogP contribution in [0.1, 0.15) is 0 Å². The molecule has 16 heavy (non-hydrogen) atoms. The van der Waals surface area contributed by atoms with E-state index < -0.39 is 0 Å². The second-order valence-electron chi connectivity index (χ2n) is 3.23. The molecule has 2 aromatic rings. The molecule has 0 amide bonds. The van der Waals surface area contributed by atoms with E-state index in [9.17, 15) is 0 Å². The van der Waals surface area contributed by atoms with Gasteiger partial charge < -0.3 is 24.8 Å². The van der Waals surface area contributed by atoms with Crippen molar-refractivity contribution in [1.82, 2.24) is 0 Å². The molecule has 0 spiro atoms. The molecule has 86 valence electrons. The molecule has 0 aliphatic carbocycles. The van der Waals surface area contributed by atoms with Crippen LogP contribution in [-0.2, 0) is 13.1 Å². The summed E-state index contributed by atoms with van der Waals surface area (Å²) >= 11 is 0. The Kier molecular flexibility index (Phi) is 7.52. The Hall–Kier alpha value is -1.12. The Balaban J connectivity index is 0.00000112. The average Bonchev–Trinajstić information content (AvgIpc) is 2.29. The van der Waals surface area contributed by atoms with Crippen LogP contribution in [0.4, 0.5) is 0 Å². The van der Waals surface area contributed by atoms with Crippen molar-refractivity contribution >= 4 is 0 Å². The number of hydrogen-bond donors (Lipinski definition) is 0. The van der Waals surface area contributed by atoms with Gasteiger partial charge in [-0.25, -0.2) is 0 Å². The Morgan fingerprint density at radius 1 is 0.500 bits per heavy atom. The zero-order valence-corrected chi connectivity index (χ0v) is 10.3. The van der Waals surface area contributed by atoms with Crippen LogP contribution >= 0.6 is 0 Å². The molecule has 0 aromatic carbocycles. The van der Waals surface area contributed by atoms with Gasteiger partial charge >= 0.3 is 0 Å². The zero-order valence-electron chi connectivity index (χ0n) is 8.84. The summed E-state index contributed by atoms with van der Waals surface area (Å²) in [7, 11) is 0. The summed E-state index contributed by atoms with van der Waals surface area (Å²) in [6.45, 7) is 2.02. The van der Waals surface area contributed by atoms with E-state index in [0.29, 0.717) is 0 Å². The third-order valence-corrected chi connectivity index (χ3v) is 2.17. The Labute approximate surface area is 108 Å². The molecular formula is C12H14Cl2N2. The molecule has 0 aliphatic rings. The van der Waals surface area contributed by atoms with Crippen molar-refractivity contribution in [1.29, 1.82) is 0 Å². The predicted octanol–water partition coefficient (Wildman–Crippen LogP) is -5.03. The standard InChI is InChI=1S/C12H14N2.2ClH/c1-3-7-13(8-4-1)11-12-14-9-5-2-6-10-14;;/h1-10H,11-12H2;2*1H/q+2;;/p-2. The normalized spacial score (nSPS) is 8.75. The van der Waals surface area contributed by atoms with Crippen LogP contribution in [0.15, 0.2) is 61.2 Å². The molecule has 0 fully saturated rings. The Morgan fingerprint density at radius 2 is 0.812 bits per heavy atom. The van der Waals surface area contributed by atoms with Gasteiger partial charge in [-0.1, -0.05) is 12.1 Å². The lowest BCUT2D eigenvalue weighted by molar-refractivity contribution is -0.778. The number of aromatic nitrogens is 2. The summed E-state index contributed by atoms with van der Waals surface area (Å²) in [5.41, 5.74) is 0. The van der Waals surface area contributed by atoms with E-state index in [1.165, 1.54) is 0 Å². The van der Waals surface area contributed by atoms with Gasteiger partial charge in [-0.2, -0.15) is 9.13 Å². The lowest BCUT2D eigenvalue weighted by atomic mass is 10.4. The van der Waals surface area contributed by atoms with Crippen molar-refractivity contribution in [2.75, 3.05) is 0 Å². The number of pyridine rings is 2. The minimum absolute atomic E-state index is 0. The molecular weight excluding hydrogens is 243 g/mol. The molecule has 0 unspecified atom stereocenters. The Bertz CT molecular complexity index is 339. The van der Waals surface area contributed by atoms with Crippen LogP contribution in [0.5, 0.6) is 0 Å². The van der Waals surface area contributed by atoms with E-state index in [-0.39, 0.29) is 24.8 Å². The van der Waals surface area contributed by atoms with Crippen LogP contribution in [-0.4, -0.2) is 0 Å².